The van der Waals surface area contributed by atoms with Crippen molar-refractivity contribution in [2.24, 2.45) is 0 Å². The molecule has 0 spiro atoms. The Bertz CT molecular complexity index is 1110. The van der Waals surface area contributed by atoms with Crippen molar-refractivity contribution in [3.63, 3.8) is 0 Å². The number of anilines is 3. The first-order valence-electron chi connectivity index (χ1n) is 11.4. The highest BCUT2D eigenvalue weighted by Gasteiger charge is 2.22. The van der Waals surface area contributed by atoms with Crippen LogP contribution >= 0.6 is 0 Å². The summed E-state index contributed by atoms with van der Waals surface area (Å²) >= 11 is 0. The Kier molecular flexibility index (Phi) is 6.94. The van der Waals surface area contributed by atoms with E-state index in [0.717, 1.165) is 42.7 Å². The molecule has 0 unspecified atom stereocenters. The molecule has 0 amide bonds. The number of aromatic nitrogens is 1. The van der Waals surface area contributed by atoms with Crippen molar-refractivity contribution >= 4 is 23.0 Å². The molecule has 0 aliphatic heterocycles. The number of ether oxygens (including phenoxy) is 1. The van der Waals surface area contributed by atoms with Crippen molar-refractivity contribution in [1.29, 1.82) is 0 Å². The van der Waals surface area contributed by atoms with Gasteiger partial charge in [-0.1, -0.05) is 18.2 Å². The molecule has 6 heteroatoms. The summed E-state index contributed by atoms with van der Waals surface area (Å²) in [6, 6.07) is 16.4. The third kappa shape index (κ3) is 5.01. The van der Waals surface area contributed by atoms with Gasteiger partial charge in [0.25, 0.3) is 0 Å². The van der Waals surface area contributed by atoms with Gasteiger partial charge < -0.3 is 20.1 Å². The molecular formula is C27H31N3O3. The molecule has 0 saturated carbocycles. The Morgan fingerprint density at radius 3 is 2.70 bits per heavy atom. The van der Waals surface area contributed by atoms with Crippen molar-refractivity contribution in [3.8, 4) is 0 Å². The van der Waals surface area contributed by atoms with Crippen LogP contribution in [0.5, 0.6) is 0 Å². The van der Waals surface area contributed by atoms with E-state index in [4.69, 9.17) is 4.74 Å². The fourth-order valence-electron chi connectivity index (χ4n) is 4.50. The largest absolute Gasteiger partial charge is 0.465 e. The SMILES string of the molecule is COC(=O)c1ccncc1NC[C@@H]1CCCc2cc(N(C)c3ccc([C@H](C)O)cc3)ccc21. The van der Waals surface area contributed by atoms with Gasteiger partial charge in [-0.15, -0.1) is 0 Å². The number of hydrogen-bond acceptors (Lipinski definition) is 6. The van der Waals surface area contributed by atoms with E-state index in [2.05, 4.69) is 40.4 Å². The average molecular weight is 446 g/mol. The van der Waals surface area contributed by atoms with Gasteiger partial charge in [0.05, 0.1) is 30.7 Å². The molecular weight excluding hydrogens is 414 g/mol. The van der Waals surface area contributed by atoms with E-state index < -0.39 is 6.10 Å². The van der Waals surface area contributed by atoms with Crippen LogP contribution in [0, 0.1) is 0 Å². The van der Waals surface area contributed by atoms with Crippen LogP contribution in [0.3, 0.4) is 0 Å². The van der Waals surface area contributed by atoms with Crippen molar-refractivity contribution in [2.45, 2.75) is 38.2 Å². The number of aliphatic hydroxyl groups is 1. The van der Waals surface area contributed by atoms with Crippen LogP contribution in [0.15, 0.2) is 60.9 Å². The summed E-state index contributed by atoms with van der Waals surface area (Å²) in [5.74, 6) is 0.00207. The molecule has 6 nitrogen and oxygen atoms in total. The second-order valence-corrected chi connectivity index (χ2v) is 8.59. The second kappa shape index (κ2) is 10.0. The van der Waals surface area contributed by atoms with E-state index in [1.165, 1.54) is 18.2 Å². The van der Waals surface area contributed by atoms with Crippen LogP contribution < -0.4 is 10.2 Å². The number of fused-ring (bicyclic) bond motifs is 1. The molecule has 1 aromatic heterocycles. The topological polar surface area (TPSA) is 74.7 Å². The monoisotopic (exact) mass is 445 g/mol. The molecule has 33 heavy (non-hydrogen) atoms. The van der Waals surface area contributed by atoms with Gasteiger partial charge in [-0.05, 0) is 73.2 Å². The lowest BCUT2D eigenvalue weighted by Gasteiger charge is -2.28. The zero-order valence-electron chi connectivity index (χ0n) is 19.4. The summed E-state index contributed by atoms with van der Waals surface area (Å²) in [7, 11) is 3.46. The van der Waals surface area contributed by atoms with E-state index >= 15 is 0 Å². The van der Waals surface area contributed by atoms with E-state index in [1.807, 2.05) is 24.3 Å². The lowest BCUT2D eigenvalue weighted by atomic mass is 9.82. The molecule has 1 heterocycles. The number of hydrogen-bond donors (Lipinski definition) is 2. The molecule has 1 aliphatic carbocycles. The van der Waals surface area contributed by atoms with Crippen LogP contribution in [0.4, 0.5) is 17.1 Å². The lowest BCUT2D eigenvalue weighted by Crippen LogP contribution is -2.20. The average Bonchev–Trinajstić information content (AvgIpc) is 2.86. The first-order chi connectivity index (χ1) is 16.0. The zero-order chi connectivity index (χ0) is 23.4. The van der Waals surface area contributed by atoms with Crippen LogP contribution in [0.25, 0.3) is 0 Å². The van der Waals surface area contributed by atoms with Gasteiger partial charge in [-0.2, -0.15) is 0 Å². The molecule has 1 aliphatic rings. The normalized spacial score (nSPS) is 15.9. The molecule has 0 radical (unpaired) electrons. The van der Waals surface area contributed by atoms with Gasteiger partial charge >= 0.3 is 5.97 Å². The van der Waals surface area contributed by atoms with Gasteiger partial charge in [0.2, 0.25) is 0 Å². The molecule has 4 rings (SSSR count). The lowest BCUT2D eigenvalue weighted by molar-refractivity contribution is 0.0601. The van der Waals surface area contributed by atoms with E-state index in [0.29, 0.717) is 17.2 Å². The van der Waals surface area contributed by atoms with Gasteiger partial charge in [0.1, 0.15) is 0 Å². The third-order valence-electron chi connectivity index (χ3n) is 6.48. The number of rotatable bonds is 7. The molecule has 0 bridgehead atoms. The van der Waals surface area contributed by atoms with Crippen molar-refractivity contribution in [3.05, 3.63) is 83.2 Å². The smallest absolute Gasteiger partial charge is 0.340 e. The Morgan fingerprint density at radius 2 is 1.97 bits per heavy atom. The minimum atomic E-state index is -0.464. The molecule has 0 fully saturated rings. The van der Waals surface area contributed by atoms with Crippen LogP contribution in [-0.4, -0.2) is 36.8 Å². The van der Waals surface area contributed by atoms with E-state index in [9.17, 15) is 9.90 Å². The van der Waals surface area contributed by atoms with Crippen molar-refractivity contribution in [2.75, 3.05) is 30.9 Å². The maximum absolute atomic E-state index is 12.0. The number of esters is 1. The standard InChI is InChI=1S/C27H31N3O3/c1-18(31)19-7-9-22(10-8-19)30(2)23-11-12-24-20(15-23)5-4-6-21(24)16-29-26-17-28-14-13-25(26)27(32)33-3/h7-15,17-18,21,29,31H,4-6,16H2,1-3H3/t18-,21-/m0/s1. The number of pyridine rings is 1. The predicted octanol–water partition coefficient (Wildman–Crippen LogP) is 5.22. The molecule has 2 N–H and O–H groups in total. The minimum absolute atomic E-state index is 0.363. The fourth-order valence-corrected chi connectivity index (χ4v) is 4.50. The Labute approximate surface area is 195 Å². The summed E-state index contributed by atoms with van der Waals surface area (Å²) in [6.45, 7) is 2.51. The molecule has 172 valence electrons. The molecule has 2 atom stereocenters. The van der Waals surface area contributed by atoms with Gasteiger partial charge in [-0.3, -0.25) is 4.98 Å². The number of nitrogens with zero attached hydrogens (tertiary/aromatic N) is 2. The quantitative estimate of drug-likeness (QED) is 0.486. The maximum atomic E-state index is 12.0. The highest BCUT2D eigenvalue weighted by Crippen LogP contribution is 2.36. The summed E-state index contributed by atoms with van der Waals surface area (Å²) < 4.78 is 4.89. The Balaban J connectivity index is 1.50. The highest BCUT2D eigenvalue weighted by molar-refractivity contribution is 5.95. The van der Waals surface area contributed by atoms with Crippen molar-refractivity contribution < 1.29 is 14.6 Å². The van der Waals surface area contributed by atoms with E-state index in [-0.39, 0.29) is 5.97 Å². The summed E-state index contributed by atoms with van der Waals surface area (Å²) in [4.78, 5) is 18.4. The van der Waals surface area contributed by atoms with Crippen LogP contribution in [-0.2, 0) is 11.2 Å². The number of aryl methyl sites for hydroxylation is 1. The maximum Gasteiger partial charge on any atom is 0.340 e. The summed E-state index contributed by atoms with van der Waals surface area (Å²) in [6.07, 6.45) is 6.11. The third-order valence-corrected chi connectivity index (χ3v) is 6.48. The van der Waals surface area contributed by atoms with Gasteiger partial charge in [-0.25, -0.2) is 4.79 Å². The first kappa shape index (κ1) is 22.8. The summed E-state index contributed by atoms with van der Waals surface area (Å²) in [5, 5.41) is 13.2. The zero-order valence-corrected chi connectivity index (χ0v) is 19.4. The van der Waals surface area contributed by atoms with Gasteiger partial charge in [0.15, 0.2) is 0 Å². The number of methoxy groups -OCH3 is 1. The van der Waals surface area contributed by atoms with Crippen molar-refractivity contribution in [1.82, 2.24) is 4.98 Å². The number of nitrogens with one attached hydrogen (secondary N) is 1. The predicted molar refractivity (Wildman–Crippen MR) is 131 cm³/mol. The second-order valence-electron chi connectivity index (χ2n) is 8.59. The number of benzene rings is 2. The molecule has 3 aromatic rings. The number of carbonyl (C=O) groups excluding carboxylic acids is 1. The Morgan fingerprint density at radius 1 is 1.21 bits per heavy atom. The Hall–Kier alpha value is -3.38. The molecule has 2 aromatic carbocycles. The first-order valence-corrected chi connectivity index (χ1v) is 11.4. The fraction of sp³-hybridized carbons (Fsp3) is 0.333. The summed E-state index contributed by atoms with van der Waals surface area (Å²) in [5.41, 5.74) is 7.08. The van der Waals surface area contributed by atoms with Crippen LogP contribution in [0.2, 0.25) is 0 Å². The highest BCUT2D eigenvalue weighted by atomic mass is 16.5. The number of aliphatic hydroxyl groups excluding tert-OH is 1. The van der Waals surface area contributed by atoms with Gasteiger partial charge in [0, 0.05) is 37.1 Å². The minimum Gasteiger partial charge on any atom is -0.465 e. The van der Waals surface area contributed by atoms with Crippen LogP contribution in [0.1, 0.15) is 58.8 Å². The number of carbonyl (C=O) groups is 1. The van der Waals surface area contributed by atoms with E-state index in [1.54, 1.807) is 25.4 Å². The molecule has 0 saturated heterocycles.